The molecule has 0 spiro atoms. The Balaban J connectivity index is 2.45. The number of rotatable bonds is 1. The van der Waals surface area contributed by atoms with Crippen LogP contribution in [0.2, 0.25) is 0 Å². The van der Waals surface area contributed by atoms with Gasteiger partial charge in [0.15, 0.2) is 5.11 Å². The second-order valence-corrected chi connectivity index (χ2v) is 4.50. The molecule has 1 amide bonds. The molecule has 1 aliphatic rings. The molecule has 1 aliphatic carbocycles. The van der Waals surface area contributed by atoms with Crippen LogP contribution in [0.15, 0.2) is 0 Å². The molecule has 0 atom stereocenters. The molecule has 0 bridgehead atoms. The normalized spacial score (nSPS) is 19.8. The lowest BCUT2D eigenvalue weighted by molar-refractivity contribution is -0.132. The molecule has 0 radical (unpaired) electrons. The fraction of sp³-hybridized carbons (Fsp3) is 0.778. The van der Waals surface area contributed by atoms with Gasteiger partial charge >= 0.3 is 0 Å². The van der Waals surface area contributed by atoms with Crippen molar-refractivity contribution in [2.45, 2.75) is 39.0 Å². The number of hydrazine groups is 1. The Morgan fingerprint density at radius 2 is 1.86 bits per heavy atom. The molecule has 0 aromatic rings. The molecule has 0 aromatic carbocycles. The zero-order valence-electron chi connectivity index (χ0n) is 8.43. The summed E-state index contributed by atoms with van der Waals surface area (Å²) in [6, 6.07) is 0. The first kappa shape index (κ1) is 11.2. The number of nitrogens with one attached hydrogen (secondary N) is 2. The Labute approximate surface area is 89.6 Å². The van der Waals surface area contributed by atoms with Crippen molar-refractivity contribution in [3.8, 4) is 0 Å². The zero-order valence-corrected chi connectivity index (χ0v) is 9.25. The van der Waals surface area contributed by atoms with Crippen molar-refractivity contribution in [2.24, 2.45) is 11.1 Å². The first-order chi connectivity index (χ1) is 6.54. The predicted octanol–water partition coefficient (Wildman–Crippen LogP) is 0.821. The number of amides is 1. The summed E-state index contributed by atoms with van der Waals surface area (Å²) in [4.78, 5) is 11.7. The van der Waals surface area contributed by atoms with Gasteiger partial charge in [-0.3, -0.25) is 15.6 Å². The van der Waals surface area contributed by atoms with Crippen LogP contribution in [-0.4, -0.2) is 11.0 Å². The van der Waals surface area contributed by atoms with Gasteiger partial charge in [0.25, 0.3) is 0 Å². The van der Waals surface area contributed by atoms with Gasteiger partial charge in [-0.15, -0.1) is 0 Å². The van der Waals surface area contributed by atoms with E-state index in [1.807, 2.05) is 6.92 Å². The van der Waals surface area contributed by atoms with Gasteiger partial charge < -0.3 is 5.73 Å². The van der Waals surface area contributed by atoms with Gasteiger partial charge in [0.1, 0.15) is 0 Å². The highest BCUT2D eigenvalue weighted by Gasteiger charge is 2.34. The lowest BCUT2D eigenvalue weighted by Gasteiger charge is -2.31. The highest BCUT2D eigenvalue weighted by molar-refractivity contribution is 7.80. The number of hydrogen-bond donors (Lipinski definition) is 3. The molecule has 0 heterocycles. The second-order valence-electron chi connectivity index (χ2n) is 4.06. The topological polar surface area (TPSA) is 67.2 Å². The van der Waals surface area contributed by atoms with Crippen LogP contribution in [0.25, 0.3) is 0 Å². The van der Waals surface area contributed by atoms with Crippen LogP contribution in [0.4, 0.5) is 0 Å². The minimum absolute atomic E-state index is 0.00926. The molecule has 1 saturated carbocycles. The molecule has 14 heavy (non-hydrogen) atoms. The Kier molecular flexibility index (Phi) is 3.69. The molecule has 4 nitrogen and oxygen atoms in total. The van der Waals surface area contributed by atoms with Crippen LogP contribution >= 0.6 is 12.2 Å². The van der Waals surface area contributed by atoms with E-state index in [-0.39, 0.29) is 16.4 Å². The van der Waals surface area contributed by atoms with Crippen molar-refractivity contribution < 1.29 is 4.79 Å². The van der Waals surface area contributed by atoms with Crippen LogP contribution in [-0.2, 0) is 4.79 Å². The lowest BCUT2D eigenvalue weighted by atomic mass is 9.75. The zero-order chi connectivity index (χ0) is 10.6. The summed E-state index contributed by atoms with van der Waals surface area (Å²) in [7, 11) is 0. The average Bonchev–Trinajstić information content (AvgIpc) is 2.15. The summed E-state index contributed by atoms with van der Waals surface area (Å²) in [5.41, 5.74) is 9.98. The lowest BCUT2D eigenvalue weighted by Crippen LogP contribution is -2.50. The highest BCUT2D eigenvalue weighted by atomic mass is 32.1. The van der Waals surface area contributed by atoms with Crippen LogP contribution in [0.1, 0.15) is 39.0 Å². The monoisotopic (exact) mass is 215 g/mol. The van der Waals surface area contributed by atoms with E-state index in [9.17, 15) is 4.79 Å². The quantitative estimate of drug-likeness (QED) is 0.447. The number of carbonyl (C=O) groups is 1. The minimum Gasteiger partial charge on any atom is -0.375 e. The van der Waals surface area contributed by atoms with E-state index in [2.05, 4.69) is 23.1 Å². The molecule has 4 N–H and O–H groups in total. The number of nitrogens with two attached hydrogens (primary N) is 1. The van der Waals surface area contributed by atoms with Crippen molar-refractivity contribution in [2.75, 3.05) is 0 Å². The molecule has 1 rings (SSSR count). The van der Waals surface area contributed by atoms with E-state index in [4.69, 9.17) is 5.73 Å². The van der Waals surface area contributed by atoms with Crippen LogP contribution < -0.4 is 16.6 Å². The molecule has 0 saturated heterocycles. The van der Waals surface area contributed by atoms with Gasteiger partial charge in [-0.25, -0.2) is 0 Å². The standard InChI is InChI=1S/C9H17N3OS/c1-9(5-3-2-4-6-9)7(13)11-12-8(10)14/h2-6H2,1H3,(H,11,13)(H3,10,12,14). The van der Waals surface area contributed by atoms with E-state index in [0.29, 0.717) is 0 Å². The predicted molar refractivity (Wildman–Crippen MR) is 59.3 cm³/mol. The van der Waals surface area contributed by atoms with E-state index in [1.165, 1.54) is 6.42 Å². The molecule has 5 heteroatoms. The summed E-state index contributed by atoms with van der Waals surface area (Å²) in [6.45, 7) is 1.99. The minimum atomic E-state index is -0.254. The van der Waals surface area contributed by atoms with Crippen LogP contribution in [0.5, 0.6) is 0 Å². The summed E-state index contributed by atoms with van der Waals surface area (Å²) < 4.78 is 0. The van der Waals surface area contributed by atoms with Crippen molar-refractivity contribution in [3.63, 3.8) is 0 Å². The van der Waals surface area contributed by atoms with E-state index in [0.717, 1.165) is 25.7 Å². The molecule has 0 aliphatic heterocycles. The first-order valence-corrected chi connectivity index (χ1v) is 5.31. The Morgan fingerprint density at radius 3 is 2.36 bits per heavy atom. The van der Waals surface area contributed by atoms with E-state index >= 15 is 0 Å². The van der Waals surface area contributed by atoms with Crippen LogP contribution in [0, 0.1) is 5.41 Å². The van der Waals surface area contributed by atoms with Crippen molar-refractivity contribution in [3.05, 3.63) is 0 Å². The third-order valence-corrected chi connectivity index (χ3v) is 2.91. The maximum Gasteiger partial charge on any atom is 0.244 e. The van der Waals surface area contributed by atoms with Crippen molar-refractivity contribution in [1.82, 2.24) is 10.9 Å². The van der Waals surface area contributed by atoms with Crippen LogP contribution in [0.3, 0.4) is 0 Å². The molecular weight excluding hydrogens is 198 g/mol. The first-order valence-electron chi connectivity index (χ1n) is 4.90. The third-order valence-electron chi connectivity index (χ3n) is 2.80. The fourth-order valence-corrected chi connectivity index (χ4v) is 1.88. The largest absolute Gasteiger partial charge is 0.375 e. The summed E-state index contributed by atoms with van der Waals surface area (Å²) in [5.74, 6) is -0.00926. The molecule has 80 valence electrons. The van der Waals surface area contributed by atoms with Crippen molar-refractivity contribution in [1.29, 1.82) is 0 Å². The SMILES string of the molecule is CC1(C(=O)NNC(N)=S)CCCCC1. The van der Waals surface area contributed by atoms with Gasteiger partial charge in [-0.05, 0) is 25.1 Å². The summed E-state index contributed by atoms with van der Waals surface area (Å²) >= 11 is 4.60. The summed E-state index contributed by atoms with van der Waals surface area (Å²) in [5, 5.41) is 0.0951. The number of thiocarbonyl (C=S) groups is 1. The Morgan fingerprint density at radius 1 is 1.29 bits per heavy atom. The second kappa shape index (κ2) is 4.59. The summed E-state index contributed by atoms with van der Waals surface area (Å²) in [6.07, 6.45) is 5.36. The molecule has 0 unspecified atom stereocenters. The van der Waals surface area contributed by atoms with Gasteiger partial charge in [-0.2, -0.15) is 0 Å². The van der Waals surface area contributed by atoms with Gasteiger partial charge in [-0.1, -0.05) is 26.2 Å². The maximum absolute atomic E-state index is 11.7. The molecule has 1 fully saturated rings. The fourth-order valence-electron chi connectivity index (χ4n) is 1.83. The van der Waals surface area contributed by atoms with Gasteiger partial charge in [0.2, 0.25) is 5.91 Å². The average molecular weight is 215 g/mol. The third kappa shape index (κ3) is 2.83. The smallest absolute Gasteiger partial charge is 0.244 e. The Hall–Kier alpha value is -0.840. The highest BCUT2D eigenvalue weighted by Crippen LogP contribution is 2.35. The number of carbonyl (C=O) groups excluding carboxylic acids is 1. The maximum atomic E-state index is 11.7. The van der Waals surface area contributed by atoms with Crippen molar-refractivity contribution >= 4 is 23.2 Å². The van der Waals surface area contributed by atoms with E-state index < -0.39 is 0 Å². The van der Waals surface area contributed by atoms with Gasteiger partial charge in [0, 0.05) is 5.41 Å². The molecule has 0 aromatic heterocycles. The molecular formula is C9H17N3OS. The van der Waals surface area contributed by atoms with E-state index in [1.54, 1.807) is 0 Å². The Bertz CT molecular complexity index is 236. The van der Waals surface area contributed by atoms with Gasteiger partial charge in [0.05, 0.1) is 0 Å². The number of hydrogen-bond acceptors (Lipinski definition) is 2.